The summed E-state index contributed by atoms with van der Waals surface area (Å²) < 4.78 is 33.2. The van der Waals surface area contributed by atoms with Gasteiger partial charge in [-0.15, -0.1) is 0 Å². The molecule has 0 aromatic carbocycles. The topological polar surface area (TPSA) is 97.6 Å². The fraction of sp³-hybridized carbons (Fsp3) is 0.615. The minimum Gasteiger partial charge on any atom is -0.477 e. The summed E-state index contributed by atoms with van der Waals surface area (Å²) in [6, 6.07) is 1.03. The number of nitrogens with zero attached hydrogens (tertiary/aromatic N) is 1. The van der Waals surface area contributed by atoms with E-state index in [1.165, 1.54) is 16.8 Å². The second-order valence-electron chi connectivity index (χ2n) is 5.28. The summed E-state index contributed by atoms with van der Waals surface area (Å²) in [6.45, 7) is 6.10. The maximum atomic E-state index is 12.2. The van der Waals surface area contributed by atoms with E-state index < -0.39 is 16.0 Å². The van der Waals surface area contributed by atoms with Crippen LogP contribution >= 0.6 is 0 Å². The third-order valence-corrected chi connectivity index (χ3v) is 4.37. The molecule has 0 aliphatic carbocycles. The quantitative estimate of drug-likeness (QED) is 0.753. The Labute approximate surface area is 125 Å². The Morgan fingerprint density at radius 2 is 2.05 bits per heavy atom. The fourth-order valence-corrected chi connectivity index (χ4v) is 3.07. The van der Waals surface area contributed by atoms with Crippen LogP contribution in [0.4, 0.5) is 0 Å². The first-order chi connectivity index (χ1) is 9.69. The van der Waals surface area contributed by atoms with Gasteiger partial charge in [-0.2, -0.15) is 0 Å². The Morgan fingerprint density at radius 3 is 2.48 bits per heavy atom. The van der Waals surface area contributed by atoms with Gasteiger partial charge in [0.2, 0.25) is 10.0 Å². The van der Waals surface area contributed by atoms with Gasteiger partial charge in [-0.05, 0) is 25.8 Å². The van der Waals surface area contributed by atoms with Crippen LogP contribution in [0.5, 0.6) is 0 Å². The van der Waals surface area contributed by atoms with Crippen LogP contribution in [0.2, 0.25) is 0 Å². The molecular weight excluding hydrogens is 296 g/mol. The van der Waals surface area contributed by atoms with Crippen molar-refractivity contribution in [2.45, 2.75) is 31.7 Å². The van der Waals surface area contributed by atoms with Crippen molar-refractivity contribution in [2.75, 3.05) is 20.3 Å². The Hall–Kier alpha value is -1.38. The van der Waals surface area contributed by atoms with Crippen LogP contribution < -0.4 is 4.72 Å². The molecule has 1 rings (SSSR count). The van der Waals surface area contributed by atoms with E-state index in [1.54, 1.807) is 21.0 Å². The van der Waals surface area contributed by atoms with E-state index in [0.29, 0.717) is 6.61 Å². The fourth-order valence-electron chi connectivity index (χ4n) is 1.88. The largest absolute Gasteiger partial charge is 0.477 e. The van der Waals surface area contributed by atoms with Gasteiger partial charge in [0.25, 0.3) is 0 Å². The molecule has 0 radical (unpaired) electrons. The molecule has 8 heteroatoms. The minimum atomic E-state index is -3.73. The molecular formula is C13H22N2O5S. The summed E-state index contributed by atoms with van der Waals surface area (Å²) in [6.07, 6.45) is 1.34. The highest BCUT2D eigenvalue weighted by atomic mass is 32.2. The predicted molar refractivity (Wildman–Crippen MR) is 78.0 cm³/mol. The Kier molecular flexibility index (Phi) is 5.94. The van der Waals surface area contributed by atoms with E-state index in [2.05, 4.69) is 4.72 Å². The second-order valence-corrected chi connectivity index (χ2v) is 7.05. The van der Waals surface area contributed by atoms with E-state index in [9.17, 15) is 13.2 Å². The summed E-state index contributed by atoms with van der Waals surface area (Å²) >= 11 is 0. The van der Waals surface area contributed by atoms with E-state index in [1.807, 2.05) is 6.92 Å². The number of aromatic carboxylic acids is 1. The van der Waals surface area contributed by atoms with Crippen molar-refractivity contribution in [3.8, 4) is 0 Å². The summed E-state index contributed by atoms with van der Waals surface area (Å²) in [5, 5.41) is 9.13. The molecule has 1 unspecified atom stereocenters. The number of hydrogen-bond acceptors (Lipinski definition) is 4. The van der Waals surface area contributed by atoms with Crippen molar-refractivity contribution in [1.82, 2.24) is 9.29 Å². The second kappa shape index (κ2) is 7.06. The van der Waals surface area contributed by atoms with Gasteiger partial charge in [-0.1, -0.05) is 6.92 Å². The molecule has 0 fully saturated rings. The van der Waals surface area contributed by atoms with Gasteiger partial charge in [-0.25, -0.2) is 17.9 Å². The summed E-state index contributed by atoms with van der Waals surface area (Å²) in [7, 11) is -2.18. The highest BCUT2D eigenvalue weighted by molar-refractivity contribution is 7.89. The summed E-state index contributed by atoms with van der Waals surface area (Å²) in [4.78, 5) is 11.1. The lowest BCUT2D eigenvalue weighted by Crippen LogP contribution is -2.29. The van der Waals surface area contributed by atoms with Crippen LogP contribution in [0.3, 0.4) is 0 Å². The average Bonchev–Trinajstić information content (AvgIpc) is 2.83. The van der Waals surface area contributed by atoms with E-state index in [4.69, 9.17) is 9.84 Å². The van der Waals surface area contributed by atoms with Gasteiger partial charge < -0.3 is 14.4 Å². The number of carboxylic acids is 1. The number of rotatable bonds is 8. The molecule has 1 atom stereocenters. The van der Waals surface area contributed by atoms with Crippen LogP contribution in [-0.2, 0) is 14.8 Å². The average molecular weight is 318 g/mol. The Morgan fingerprint density at radius 1 is 1.43 bits per heavy atom. The molecule has 0 spiro atoms. The highest BCUT2D eigenvalue weighted by Gasteiger charge is 2.22. The Balaban J connectivity index is 2.98. The van der Waals surface area contributed by atoms with Crippen molar-refractivity contribution >= 4 is 16.0 Å². The van der Waals surface area contributed by atoms with Crippen molar-refractivity contribution in [1.29, 1.82) is 0 Å². The van der Waals surface area contributed by atoms with Crippen molar-refractivity contribution < 1.29 is 23.1 Å². The molecule has 1 aromatic heterocycles. The first kappa shape index (κ1) is 17.7. The molecule has 7 nitrogen and oxygen atoms in total. The third kappa shape index (κ3) is 4.55. The van der Waals surface area contributed by atoms with Crippen molar-refractivity contribution in [3.05, 3.63) is 18.0 Å². The molecule has 0 bridgehead atoms. The summed E-state index contributed by atoms with van der Waals surface area (Å²) in [5.41, 5.74) is -0.0460. The Bertz CT molecular complexity index is 592. The zero-order chi connectivity index (χ0) is 16.2. The van der Waals surface area contributed by atoms with Gasteiger partial charge in [-0.3, -0.25) is 0 Å². The number of nitrogens with one attached hydrogen (secondary N) is 1. The van der Waals surface area contributed by atoms with Gasteiger partial charge in [0.05, 0.1) is 0 Å². The molecule has 0 amide bonds. The molecule has 0 saturated carbocycles. The first-order valence-corrected chi connectivity index (χ1v) is 8.11. The molecule has 0 aliphatic heterocycles. The standard InChI is InChI=1S/C13H22N2O5S/c1-9(2)15-7-11(5-12(15)13(16)17)21(18,19)14-6-10(3)8-20-4/h5,7,9-10,14H,6,8H2,1-4H3,(H,16,17). The molecule has 1 aromatic rings. The third-order valence-electron chi connectivity index (χ3n) is 2.98. The van der Waals surface area contributed by atoms with Gasteiger partial charge in [0.1, 0.15) is 10.6 Å². The molecule has 21 heavy (non-hydrogen) atoms. The number of ether oxygens (including phenoxy) is 1. The minimum absolute atomic E-state index is 0.0240. The number of carboxylic acid groups (broad SMARTS) is 1. The molecule has 0 saturated heterocycles. The van der Waals surface area contributed by atoms with Crippen LogP contribution in [0.25, 0.3) is 0 Å². The molecule has 1 heterocycles. The van der Waals surface area contributed by atoms with Crippen molar-refractivity contribution in [2.24, 2.45) is 5.92 Å². The number of methoxy groups -OCH3 is 1. The van der Waals surface area contributed by atoms with Crippen molar-refractivity contribution in [3.63, 3.8) is 0 Å². The smallest absolute Gasteiger partial charge is 0.352 e. The predicted octanol–water partition coefficient (Wildman–Crippen LogP) is 1.33. The molecule has 120 valence electrons. The van der Waals surface area contributed by atoms with Crippen LogP contribution in [0.1, 0.15) is 37.3 Å². The SMILES string of the molecule is COCC(C)CNS(=O)(=O)c1cc(C(=O)O)n(C(C)C)c1. The van der Waals surface area contributed by atoms with Gasteiger partial charge >= 0.3 is 5.97 Å². The van der Waals surface area contributed by atoms with E-state index in [0.717, 1.165) is 0 Å². The first-order valence-electron chi connectivity index (χ1n) is 6.62. The van der Waals surface area contributed by atoms with Gasteiger partial charge in [0.15, 0.2) is 0 Å². The van der Waals surface area contributed by atoms with E-state index >= 15 is 0 Å². The van der Waals surface area contributed by atoms with Gasteiger partial charge in [0, 0.05) is 32.5 Å². The lowest BCUT2D eigenvalue weighted by molar-refractivity contribution is 0.0683. The maximum Gasteiger partial charge on any atom is 0.352 e. The van der Waals surface area contributed by atoms with Crippen LogP contribution in [0, 0.1) is 5.92 Å². The van der Waals surface area contributed by atoms with Crippen LogP contribution in [0.15, 0.2) is 17.2 Å². The zero-order valence-corrected chi connectivity index (χ0v) is 13.5. The zero-order valence-electron chi connectivity index (χ0n) is 12.7. The van der Waals surface area contributed by atoms with E-state index in [-0.39, 0.29) is 29.1 Å². The lowest BCUT2D eigenvalue weighted by atomic mass is 10.2. The maximum absolute atomic E-state index is 12.2. The van der Waals surface area contributed by atoms with Crippen LogP contribution in [-0.4, -0.2) is 44.3 Å². The highest BCUT2D eigenvalue weighted by Crippen LogP contribution is 2.19. The number of hydrogen-bond donors (Lipinski definition) is 2. The normalized spacial score (nSPS) is 13.6. The number of carbonyl (C=O) groups is 1. The molecule has 2 N–H and O–H groups in total. The summed E-state index contributed by atoms with van der Waals surface area (Å²) in [5.74, 6) is -1.13. The number of sulfonamides is 1. The molecule has 0 aliphatic rings. The monoisotopic (exact) mass is 318 g/mol. The lowest BCUT2D eigenvalue weighted by Gasteiger charge is -2.11. The number of aromatic nitrogens is 1.